The Bertz CT molecular complexity index is 606. The standard InChI is InChI=1S/C15H12O3S/c1-18-12-6-10(8-16)15(11(7-12)9-17)13-4-2-3-5-14(13)19/h2-9,19H,1H3. The van der Waals surface area contributed by atoms with Gasteiger partial charge in [-0.05, 0) is 23.8 Å². The molecule has 0 aromatic heterocycles. The van der Waals surface area contributed by atoms with Crippen LogP contribution >= 0.6 is 12.6 Å². The van der Waals surface area contributed by atoms with Crippen molar-refractivity contribution in [3.05, 3.63) is 47.5 Å². The van der Waals surface area contributed by atoms with Crippen molar-refractivity contribution < 1.29 is 14.3 Å². The van der Waals surface area contributed by atoms with Crippen molar-refractivity contribution >= 4 is 25.2 Å². The van der Waals surface area contributed by atoms with Crippen molar-refractivity contribution in [3.63, 3.8) is 0 Å². The Balaban J connectivity index is 2.78. The largest absolute Gasteiger partial charge is 0.497 e. The predicted octanol–water partition coefficient (Wildman–Crippen LogP) is 3.28. The normalized spacial score (nSPS) is 10.0. The number of methoxy groups -OCH3 is 1. The molecule has 0 atom stereocenters. The molecule has 0 spiro atoms. The fourth-order valence-electron chi connectivity index (χ4n) is 1.96. The smallest absolute Gasteiger partial charge is 0.150 e. The Kier molecular flexibility index (Phi) is 4.02. The van der Waals surface area contributed by atoms with E-state index in [1.54, 1.807) is 12.1 Å². The van der Waals surface area contributed by atoms with Gasteiger partial charge >= 0.3 is 0 Å². The van der Waals surface area contributed by atoms with E-state index in [4.69, 9.17) is 4.74 Å². The van der Waals surface area contributed by atoms with Crippen molar-refractivity contribution in [3.8, 4) is 16.9 Å². The summed E-state index contributed by atoms with van der Waals surface area (Å²) in [5.41, 5.74) is 2.14. The van der Waals surface area contributed by atoms with Crippen LogP contribution in [-0.2, 0) is 0 Å². The van der Waals surface area contributed by atoms with Crippen LogP contribution < -0.4 is 4.74 Å². The first-order chi connectivity index (χ1) is 9.21. The SMILES string of the molecule is COc1cc(C=O)c(-c2ccccc2S)c(C=O)c1. The number of carbonyl (C=O) groups excluding carboxylic acids is 2. The van der Waals surface area contributed by atoms with E-state index in [2.05, 4.69) is 12.6 Å². The fraction of sp³-hybridized carbons (Fsp3) is 0.0667. The predicted molar refractivity (Wildman–Crippen MR) is 76.5 cm³/mol. The summed E-state index contributed by atoms with van der Waals surface area (Å²) >= 11 is 4.37. The van der Waals surface area contributed by atoms with Gasteiger partial charge in [0, 0.05) is 21.6 Å². The topological polar surface area (TPSA) is 43.4 Å². The molecule has 96 valence electrons. The minimum atomic E-state index is 0.406. The average Bonchev–Trinajstić information content (AvgIpc) is 2.46. The van der Waals surface area contributed by atoms with Crippen LogP contribution in [0.5, 0.6) is 5.75 Å². The summed E-state index contributed by atoms with van der Waals surface area (Å²) in [7, 11) is 1.49. The van der Waals surface area contributed by atoms with Crippen LogP contribution in [-0.4, -0.2) is 19.7 Å². The van der Waals surface area contributed by atoms with Gasteiger partial charge in [-0.1, -0.05) is 18.2 Å². The van der Waals surface area contributed by atoms with E-state index in [-0.39, 0.29) is 0 Å². The molecule has 0 saturated heterocycles. The molecule has 0 bridgehead atoms. The van der Waals surface area contributed by atoms with E-state index in [0.29, 0.717) is 39.9 Å². The Morgan fingerprint density at radius 1 is 1.05 bits per heavy atom. The van der Waals surface area contributed by atoms with Crippen LogP contribution in [0.4, 0.5) is 0 Å². The quantitative estimate of drug-likeness (QED) is 0.686. The molecule has 0 saturated carbocycles. The average molecular weight is 272 g/mol. The fourth-order valence-corrected chi connectivity index (χ4v) is 2.23. The Labute approximate surface area is 116 Å². The monoisotopic (exact) mass is 272 g/mol. The van der Waals surface area contributed by atoms with Crippen LogP contribution in [0, 0.1) is 0 Å². The third-order valence-corrected chi connectivity index (χ3v) is 3.23. The lowest BCUT2D eigenvalue weighted by atomic mass is 9.95. The number of rotatable bonds is 4. The second-order valence-electron chi connectivity index (χ2n) is 3.93. The zero-order valence-corrected chi connectivity index (χ0v) is 11.2. The molecule has 0 aliphatic carbocycles. The molecule has 0 N–H and O–H groups in total. The Morgan fingerprint density at radius 3 is 2.11 bits per heavy atom. The third-order valence-electron chi connectivity index (χ3n) is 2.84. The molecule has 2 rings (SSSR count). The highest BCUT2D eigenvalue weighted by Crippen LogP contribution is 2.33. The molecule has 3 nitrogen and oxygen atoms in total. The Hall–Kier alpha value is -2.07. The van der Waals surface area contributed by atoms with Gasteiger partial charge in [0.2, 0.25) is 0 Å². The van der Waals surface area contributed by atoms with Gasteiger partial charge in [0.05, 0.1) is 7.11 Å². The summed E-state index contributed by atoms with van der Waals surface area (Å²) in [5, 5.41) is 0. The molecule has 0 amide bonds. The van der Waals surface area contributed by atoms with E-state index < -0.39 is 0 Å². The lowest BCUT2D eigenvalue weighted by Gasteiger charge is -2.12. The zero-order chi connectivity index (χ0) is 13.8. The van der Waals surface area contributed by atoms with Gasteiger partial charge < -0.3 is 4.74 Å². The minimum absolute atomic E-state index is 0.406. The summed E-state index contributed by atoms with van der Waals surface area (Å²) in [6, 6.07) is 10.5. The van der Waals surface area contributed by atoms with Gasteiger partial charge in [0.25, 0.3) is 0 Å². The number of hydrogen-bond acceptors (Lipinski definition) is 4. The second-order valence-corrected chi connectivity index (χ2v) is 4.42. The van der Waals surface area contributed by atoms with Gasteiger partial charge in [0.1, 0.15) is 5.75 Å². The van der Waals surface area contributed by atoms with E-state index in [1.165, 1.54) is 7.11 Å². The van der Waals surface area contributed by atoms with Crippen LogP contribution in [0.2, 0.25) is 0 Å². The van der Waals surface area contributed by atoms with Crippen molar-refractivity contribution in [2.24, 2.45) is 0 Å². The van der Waals surface area contributed by atoms with E-state index in [9.17, 15) is 9.59 Å². The van der Waals surface area contributed by atoms with Crippen LogP contribution in [0.1, 0.15) is 20.7 Å². The summed E-state index contributed by atoms with van der Waals surface area (Å²) in [6.07, 6.45) is 1.43. The van der Waals surface area contributed by atoms with Gasteiger partial charge in [-0.15, -0.1) is 12.6 Å². The maximum atomic E-state index is 11.3. The van der Waals surface area contributed by atoms with Gasteiger partial charge in [-0.25, -0.2) is 0 Å². The minimum Gasteiger partial charge on any atom is -0.497 e. The molecule has 0 radical (unpaired) electrons. The zero-order valence-electron chi connectivity index (χ0n) is 10.3. The van der Waals surface area contributed by atoms with E-state index in [0.717, 1.165) is 5.56 Å². The number of carbonyl (C=O) groups is 2. The molecule has 0 fully saturated rings. The van der Waals surface area contributed by atoms with Crippen LogP contribution in [0.3, 0.4) is 0 Å². The molecule has 0 unspecified atom stereocenters. The molecule has 2 aromatic rings. The lowest BCUT2D eigenvalue weighted by molar-refractivity contribution is 0.112. The van der Waals surface area contributed by atoms with Gasteiger partial charge in [0.15, 0.2) is 12.6 Å². The molecule has 4 heteroatoms. The molecule has 0 aliphatic heterocycles. The maximum absolute atomic E-state index is 11.3. The third kappa shape index (κ3) is 2.53. The lowest BCUT2D eigenvalue weighted by Crippen LogP contribution is -1.97. The molecule has 0 aliphatic rings. The molecule has 19 heavy (non-hydrogen) atoms. The summed E-state index contributed by atoms with van der Waals surface area (Å²) in [6.45, 7) is 0. The van der Waals surface area contributed by atoms with E-state index in [1.807, 2.05) is 24.3 Å². The molecular formula is C15H12O3S. The van der Waals surface area contributed by atoms with Crippen molar-refractivity contribution in [2.75, 3.05) is 7.11 Å². The first-order valence-corrected chi connectivity index (χ1v) is 6.06. The number of benzene rings is 2. The van der Waals surface area contributed by atoms with Gasteiger partial charge in [-0.3, -0.25) is 9.59 Å². The number of ether oxygens (including phenoxy) is 1. The highest BCUT2D eigenvalue weighted by Gasteiger charge is 2.14. The van der Waals surface area contributed by atoms with Crippen LogP contribution in [0.15, 0.2) is 41.3 Å². The number of aldehydes is 2. The first kappa shape index (κ1) is 13.4. The summed E-state index contributed by atoms with van der Waals surface area (Å²) < 4.78 is 5.08. The van der Waals surface area contributed by atoms with Crippen molar-refractivity contribution in [2.45, 2.75) is 4.90 Å². The number of hydrogen-bond donors (Lipinski definition) is 1. The molecule has 0 heterocycles. The van der Waals surface area contributed by atoms with Crippen molar-refractivity contribution in [1.29, 1.82) is 0 Å². The summed E-state index contributed by atoms with van der Waals surface area (Å²) in [5.74, 6) is 0.476. The maximum Gasteiger partial charge on any atom is 0.150 e. The second kappa shape index (κ2) is 5.71. The highest BCUT2D eigenvalue weighted by molar-refractivity contribution is 7.80. The first-order valence-electron chi connectivity index (χ1n) is 5.62. The van der Waals surface area contributed by atoms with E-state index >= 15 is 0 Å². The van der Waals surface area contributed by atoms with Crippen LogP contribution in [0.25, 0.3) is 11.1 Å². The van der Waals surface area contributed by atoms with Gasteiger partial charge in [-0.2, -0.15) is 0 Å². The highest BCUT2D eigenvalue weighted by atomic mass is 32.1. The Morgan fingerprint density at radius 2 is 1.63 bits per heavy atom. The summed E-state index contributed by atoms with van der Waals surface area (Å²) in [4.78, 5) is 23.2. The molecular weight excluding hydrogens is 260 g/mol. The molecule has 2 aromatic carbocycles. The van der Waals surface area contributed by atoms with Crippen molar-refractivity contribution in [1.82, 2.24) is 0 Å². The number of thiol groups is 1.